The van der Waals surface area contributed by atoms with Crippen LogP contribution in [0.15, 0.2) is 102 Å². The number of hydrogen-bond donors (Lipinski definition) is 0. The second-order valence-corrected chi connectivity index (χ2v) is 14.9. The van der Waals surface area contributed by atoms with Crippen LogP contribution in [0.2, 0.25) is 0 Å². The van der Waals surface area contributed by atoms with Gasteiger partial charge in [0.2, 0.25) is 0 Å². The van der Waals surface area contributed by atoms with E-state index in [1.54, 1.807) is 24.3 Å². The van der Waals surface area contributed by atoms with Crippen LogP contribution in [0.5, 0.6) is 11.5 Å². The fourth-order valence-corrected chi connectivity index (χ4v) is 7.69. The molecular formula is C42H46FNO4. The van der Waals surface area contributed by atoms with E-state index in [1.165, 1.54) is 6.07 Å². The van der Waals surface area contributed by atoms with E-state index >= 15 is 0 Å². The molecule has 0 radical (unpaired) electrons. The van der Waals surface area contributed by atoms with Crippen molar-refractivity contribution in [2.75, 3.05) is 6.61 Å². The lowest BCUT2D eigenvalue weighted by atomic mass is 9.63. The second-order valence-electron chi connectivity index (χ2n) is 14.9. The lowest BCUT2D eigenvalue weighted by Gasteiger charge is -2.49. The van der Waals surface area contributed by atoms with Gasteiger partial charge in [0.15, 0.2) is 23.1 Å². The van der Waals surface area contributed by atoms with Crippen molar-refractivity contribution in [1.82, 2.24) is 4.90 Å². The summed E-state index contributed by atoms with van der Waals surface area (Å²) in [6.45, 7) is 15.5. The number of Topliss-reactive ketones (excluding diaryl/α,β-unsaturated/α-hetero) is 2. The zero-order chi connectivity index (χ0) is 34.2. The second kappa shape index (κ2) is 13.2. The van der Waals surface area contributed by atoms with Gasteiger partial charge in [-0.25, -0.2) is 4.39 Å². The maximum Gasteiger partial charge on any atom is 0.165 e. The Kier molecular flexibility index (Phi) is 9.21. The molecule has 2 aliphatic carbocycles. The molecule has 1 aliphatic heterocycles. The molecule has 1 heterocycles. The third-order valence-electron chi connectivity index (χ3n) is 9.69. The van der Waals surface area contributed by atoms with E-state index in [0.29, 0.717) is 60.6 Å². The fourth-order valence-electron chi connectivity index (χ4n) is 7.69. The number of nitrogens with zero attached hydrogens (tertiary/aromatic N) is 1. The van der Waals surface area contributed by atoms with E-state index < -0.39 is 5.92 Å². The minimum absolute atomic E-state index is 0.0276. The van der Waals surface area contributed by atoms with Crippen molar-refractivity contribution in [3.63, 3.8) is 0 Å². The number of benzene rings is 3. The summed E-state index contributed by atoms with van der Waals surface area (Å²) in [5.41, 5.74) is 6.20. The summed E-state index contributed by atoms with van der Waals surface area (Å²) < 4.78 is 27.1. The van der Waals surface area contributed by atoms with Gasteiger partial charge in [-0.15, -0.1) is 6.58 Å². The Morgan fingerprint density at radius 2 is 1.44 bits per heavy atom. The van der Waals surface area contributed by atoms with Crippen LogP contribution in [-0.2, 0) is 29.2 Å². The summed E-state index contributed by atoms with van der Waals surface area (Å²) in [6, 6.07) is 20.8. The predicted octanol–water partition coefficient (Wildman–Crippen LogP) is 9.42. The van der Waals surface area contributed by atoms with E-state index in [1.807, 2.05) is 37.3 Å². The van der Waals surface area contributed by atoms with Crippen LogP contribution in [0.25, 0.3) is 0 Å². The lowest BCUT2D eigenvalue weighted by Crippen LogP contribution is -2.44. The predicted molar refractivity (Wildman–Crippen MR) is 187 cm³/mol. The van der Waals surface area contributed by atoms with Crippen molar-refractivity contribution in [2.24, 2.45) is 10.8 Å². The van der Waals surface area contributed by atoms with Crippen molar-refractivity contribution in [2.45, 2.75) is 85.8 Å². The van der Waals surface area contributed by atoms with Gasteiger partial charge >= 0.3 is 0 Å². The Bertz CT molecular complexity index is 1760. The van der Waals surface area contributed by atoms with Crippen LogP contribution < -0.4 is 9.47 Å². The molecule has 0 unspecified atom stereocenters. The maximum atomic E-state index is 14.6. The van der Waals surface area contributed by atoms with E-state index in [4.69, 9.17) is 9.47 Å². The Labute approximate surface area is 284 Å². The minimum Gasteiger partial charge on any atom is -0.490 e. The summed E-state index contributed by atoms with van der Waals surface area (Å²) >= 11 is 0. The highest BCUT2D eigenvalue weighted by Crippen LogP contribution is 2.55. The normalized spacial score (nSPS) is 18.8. The van der Waals surface area contributed by atoms with Gasteiger partial charge in [-0.3, -0.25) is 9.59 Å². The molecular weight excluding hydrogens is 601 g/mol. The molecule has 48 heavy (non-hydrogen) atoms. The highest BCUT2D eigenvalue weighted by atomic mass is 19.1. The molecule has 3 aromatic rings. The average molecular weight is 648 g/mol. The average Bonchev–Trinajstić information content (AvgIpc) is 3.01. The topological polar surface area (TPSA) is 55.8 Å². The quantitative estimate of drug-likeness (QED) is 0.205. The monoisotopic (exact) mass is 647 g/mol. The Balaban J connectivity index is 1.55. The number of carbonyl (C=O) groups is 2. The number of rotatable bonds is 10. The molecule has 0 atom stereocenters. The molecule has 6 heteroatoms. The van der Waals surface area contributed by atoms with Gasteiger partial charge in [-0.05, 0) is 60.3 Å². The third kappa shape index (κ3) is 6.63. The van der Waals surface area contributed by atoms with Gasteiger partial charge in [0, 0.05) is 59.0 Å². The summed E-state index contributed by atoms with van der Waals surface area (Å²) in [4.78, 5) is 31.1. The van der Waals surface area contributed by atoms with Crippen LogP contribution in [-0.4, -0.2) is 23.1 Å². The van der Waals surface area contributed by atoms with Crippen molar-refractivity contribution >= 4 is 11.6 Å². The standard InChI is InChI=1S/C42H46FNO4/c1-7-14-28-19-30(20-36(47-8-2)40(28)48-26-29-17-12-13-18-31(29)43)37-38-32(21-41(3,4)23-34(38)45)44(25-27-15-10-9-11-16-27)33-22-42(5,6)24-35(46)39(33)37/h7,9-13,15-20,37H,1,8,14,21-26H2,2-6H3. The van der Waals surface area contributed by atoms with Crippen LogP contribution in [0.3, 0.4) is 0 Å². The Hall–Kier alpha value is -4.45. The summed E-state index contributed by atoms with van der Waals surface area (Å²) in [5.74, 6) is 0.314. The van der Waals surface area contributed by atoms with E-state index in [-0.39, 0.29) is 34.8 Å². The van der Waals surface area contributed by atoms with Crippen molar-refractivity contribution in [3.05, 3.63) is 130 Å². The van der Waals surface area contributed by atoms with Gasteiger partial charge in [-0.1, -0.05) is 88.4 Å². The number of ketones is 2. The number of allylic oxidation sites excluding steroid dienone is 5. The molecule has 0 amide bonds. The first-order valence-electron chi connectivity index (χ1n) is 17.0. The van der Waals surface area contributed by atoms with Crippen LogP contribution in [0.1, 0.15) is 88.5 Å². The molecule has 6 rings (SSSR count). The fraction of sp³-hybridized carbons (Fsp3) is 0.381. The van der Waals surface area contributed by atoms with E-state index in [0.717, 1.165) is 40.9 Å². The molecule has 0 N–H and O–H groups in total. The minimum atomic E-state index is -0.530. The lowest BCUT2D eigenvalue weighted by molar-refractivity contribution is -0.119. The highest BCUT2D eigenvalue weighted by molar-refractivity contribution is 6.07. The SMILES string of the molecule is C=CCc1cc(C2C3=C(CC(C)(C)CC3=O)N(Cc3ccccc3)C3=C2C(=O)CC(C)(C)C3)cc(OCC)c1OCc1ccccc1F. The molecule has 0 bridgehead atoms. The number of carbonyl (C=O) groups excluding carboxylic acids is 2. The van der Waals surface area contributed by atoms with E-state index in [2.05, 4.69) is 51.3 Å². The van der Waals surface area contributed by atoms with Gasteiger partial charge in [0.1, 0.15) is 12.4 Å². The molecule has 0 fully saturated rings. The van der Waals surface area contributed by atoms with Crippen molar-refractivity contribution < 1.29 is 23.5 Å². The highest BCUT2D eigenvalue weighted by Gasteiger charge is 2.49. The first-order valence-corrected chi connectivity index (χ1v) is 17.0. The zero-order valence-electron chi connectivity index (χ0n) is 28.8. The largest absolute Gasteiger partial charge is 0.490 e. The maximum absolute atomic E-state index is 14.6. The zero-order valence-corrected chi connectivity index (χ0v) is 28.8. The Morgan fingerprint density at radius 1 is 0.833 bits per heavy atom. The smallest absolute Gasteiger partial charge is 0.165 e. The first kappa shape index (κ1) is 33.5. The molecule has 0 aromatic heterocycles. The number of halogens is 1. The van der Waals surface area contributed by atoms with Crippen LogP contribution >= 0.6 is 0 Å². The van der Waals surface area contributed by atoms with Gasteiger partial charge < -0.3 is 14.4 Å². The molecule has 3 aromatic carbocycles. The van der Waals surface area contributed by atoms with Crippen LogP contribution in [0, 0.1) is 16.6 Å². The molecule has 3 aliphatic rings. The van der Waals surface area contributed by atoms with Gasteiger partial charge in [0.25, 0.3) is 0 Å². The van der Waals surface area contributed by atoms with Gasteiger partial charge in [0.05, 0.1) is 6.61 Å². The van der Waals surface area contributed by atoms with Crippen molar-refractivity contribution in [3.8, 4) is 11.5 Å². The summed E-state index contributed by atoms with van der Waals surface area (Å²) in [5, 5.41) is 0. The number of hydrogen-bond acceptors (Lipinski definition) is 5. The van der Waals surface area contributed by atoms with Crippen molar-refractivity contribution in [1.29, 1.82) is 0 Å². The molecule has 0 spiro atoms. The number of ether oxygens (including phenoxy) is 2. The molecule has 0 saturated heterocycles. The summed E-state index contributed by atoms with van der Waals surface area (Å²) in [7, 11) is 0. The van der Waals surface area contributed by atoms with Gasteiger partial charge in [-0.2, -0.15) is 0 Å². The Morgan fingerprint density at radius 3 is 2.02 bits per heavy atom. The van der Waals surface area contributed by atoms with E-state index in [9.17, 15) is 14.0 Å². The van der Waals surface area contributed by atoms with Crippen LogP contribution in [0.4, 0.5) is 4.39 Å². The third-order valence-corrected chi connectivity index (χ3v) is 9.69. The first-order chi connectivity index (χ1) is 22.9. The molecule has 5 nitrogen and oxygen atoms in total. The summed E-state index contributed by atoms with van der Waals surface area (Å²) in [6.07, 6.45) is 4.53. The molecule has 250 valence electrons. The molecule has 0 saturated carbocycles.